The van der Waals surface area contributed by atoms with Crippen LogP contribution in [0.3, 0.4) is 0 Å². The fraction of sp³-hybridized carbons (Fsp3) is 0.417. The Bertz CT molecular complexity index is 391. The molecule has 2 rings (SSSR count). The van der Waals surface area contributed by atoms with Crippen molar-refractivity contribution in [2.24, 2.45) is 0 Å². The molecule has 1 aromatic carbocycles. The largest absolute Gasteiger partial charge is 0.508 e. The summed E-state index contributed by atoms with van der Waals surface area (Å²) >= 11 is 0. The topological polar surface area (TPSA) is 72.8 Å². The number of phenolic OH excluding ortho intramolecular Hbond substituents is 1. The number of hydrogen-bond acceptors (Lipinski definition) is 4. The van der Waals surface area contributed by atoms with E-state index in [1.807, 2.05) is 17.0 Å². The first-order valence-corrected chi connectivity index (χ1v) is 5.62. The first-order valence-electron chi connectivity index (χ1n) is 5.62. The molecule has 0 saturated carbocycles. The van der Waals surface area contributed by atoms with E-state index in [4.69, 9.17) is 5.11 Å². The number of benzene rings is 1. The lowest BCUT2D eigenvalue weighted by Gasteiger charge is -2.33. The molecule has 3 N–H and O–H groups in total. The molecule has 1 fully saturated rings. The second kappa shape index (κ2) is 5.16. The molecule has 1 aliphatic rings. The number of rotatable bonds is 3. The molecule has 1 aliphatic heterocycles. The maximum Gasteiger partial charge on any atom is 0.322 e. The van der Waals surface area contributed by atoms with E-state index in [0.29, 0.717) is 13.1 Å². The first-order chi connectivity index (χ1) is 8.16. The monoisotopic (exact) mass is 236 g/mol. The van der Waals surface area contributed by atoms with Crippen molar-refractivity contribution in [2.45, 2.75) is 12.6 Å². The van der Waals surface area contributed by atoms with Gasteiger partial charge < -0.3 is 15.5 Å². The summed E-state index contributed by atoms with van der Waals surface area (Å²) < 4.78 is 0. The Kier molecular flexibility index (Phi) is 3.61. The summed E-state index contributed by atoms with van der Waals surface area (Å²) in [5.74, 6) is -0.570. The minimum Gasteiger partial charge on any atom is -0.508 e. The third-order valence-electron chi connectivity index (χ3n) is 2.96. The van der Waals surface area contributed by atoms with Crippen molar-refractivity contribution < 1.29 is 15.0 Å². The molecule has 5 heteroatoms. The molecule has 0 aromatic heterocycles. The number of carboxylic acids is 1. The maximum absolute atomic E-state index is 11.1. The number of piperazine rings is 1. The molecule has 17 heavy (non-hydrogen) atoms. The molecule has 0 radical (unpaired) electrons. The number of aromatic hydroxyl groups is 1. The summed E-state index contributed by atoms with van der Waals surface area (Å²) in [5.41, 5.74) is 1.01. The lowest BCUT2D eigenvalue weighted by Crippen LogP contribution is -2.54. The Labute approximate surface area is 99.7 Å². The van der Waals surface area contributed by atoms with Crippen LogP contribution in [-0.4, -0.2) is 46.8 Å². The van der Waals surface area contributed by atoms with Crippen molar-refractivity contribution in [1.29, 1.82) is 0 Å². The number of carbonyl (C=O) groups is 1. The van der Waals surface area contributed by atoms with E-state index in [9.17, 15) is 9.90 Å². The van der Waals surface area contributed by atoms with Crippen LogP contribution in [0.5, 0.6) is 5.75 Å². The zero-order valence-electron chi connectivity index (χ0n) is 9.47. The number of nitrogens with one attached hydrogen (secondary N) is 1. The van der Waals surface area contributed by atoms with E-state index in [2.05, 4.69) is 5.32 Å². The minimum atomic E-state index is -0.795. The van der Waals surface area contributed by atoms with Crippen molar-refractivity contribution in [3.05, 3.63) is 29.8 Å². The highest BCUT2D eigenvalue weighted by molar-refractivity contribution is 5.74. The number of phenols is 1. The van der Waals surface area contributed by atoms with Crippen molar-refractivity contribution in [2.75, 3.05) is 19.6 Å². The molecule has 92 valence electrons. The van der Waals surface area contributed by atoms with Crippen LogP contribution in [0.15, 0.2) is 24.3 Å². The molecule has 1 aromatic rings. The summed E-state index contributed by atoms with van der Waals surface area (Å²) in [4.78, 5) is 13.0. The van der Waals surface area contributed by atoms with Crippen molar-refractivity contribution in [1.82, 2.24) is 10.2 Å². The standard InChI is InChI=1S/C12H16N2O3/c15-10-3-1-9(2-4-10)8-14-6-5-13-7-11(14)12(16)17/h1-4,11,13,15H,5-8H2,(H,16,17). The molecule has 1 atom stereocenters. The quantitative estimate of drug-likeness (QED) is 0.701. The Morgan fingerprint density at radius 2 is 2.12 bits per heavy atom. The zero-order chi connectivity index (χ0) is 12.3. The van der Waals surface area contributed by atoms with Gasteiger partial charge in [-0.15, -0.1) is 0 Å². The Morgan fingerprint density at radius 3 is 2.76 bits per heavy atom. The minimum absolute atomic E-state index is 0.226. The molecular formula is C12H16N2O3. The fourth-order valence-corrected chi connectivity index (χ4v) is 2.01. The maximum atomic E-state index is 11.1. The van der Waals surface area contributed by atoms with Crippen LogP contribution in [0.1, 0.15) is 5.56 Å². The van der Waals surface area contributed by atoms with Crippen LogP contribution in [-0.2, 0) is 11.3 Å². The van der Waals surface area contributed by atoms with E-state index in [1.165, 1.54) is 0 Å². The van der Waals surface area contributed by atoms with Crippen LogP contribution in [0.4, 0.5) is 0 Å². The van der Waals surface area contributed by atoms with Crippen molar-refractivity contribution in [3.8, 4) is 5.75 Å². The van der Waals surface area contributed by atoms with Crippen LogP contribution < -0.4 is 5.32 Å². The Morgan fingerprint density at radius 1 is 1.41 bits per heavy atom. The summed E-state index contributed by atoms with van der Waals surface area (Å²) in [5, 5.41) is 21.4. The van der Waals surface area contributed by atoms with Crippen LogP contribution in [0.25, 0.3) is 0 Å². The van der Waals surface area contributed by atoms with Gasteiger partial charge in [0, 0.05) is 26.2 Å². The number of aliphatic carboxylic acids is 1. The van der Waals surface area contributed by atoms with E-state index < -0.39 is 12.0 Å². The zero-order valence-corrected chi connectivity index (χ0v) is 9.47. The van der Waals surface area contributed by atoms with Gasteiger partial charge in [-0.2, -0.15) is 0 Å². The molecular weight excluding hydrogens is 220 g/mol. The van der Waals surface area contributed by atoms with Crippen LogP contribution in [0, 0.1) is 0 Å². The van der Waals surface area contributed by atoms with Crippen LogP contribution in [0.2, 0.25) is 0 Å². The van der Waals surface area contributed by atoms with Gasteiger partial charge >= 0.3 is 5.97 Å². The second-order valence-electron chi connectivity index (χ2n) is 4.20. The van der Waals surface area contributed by atoms with Gasteiger partial charge in [-0.25, -0.2) is 0 Å². The molecule has 0 amide bonds. The predicted octanol–water partition coefficient (Wildman–Crippen LogP) is 0.251. The predicted molar refractivity (Wildman–Crippen MR) is 62.8 cm³/mol. The van der Waals surface area contributed by atoms with E-state index >= 15 is 0 Å². The van der Waals surface area contributed by atoms with Crippen molar-refractivity contribution >= 4 is 5.97 Å². The van der Waals surface area contributed by atoms with E-state index in [1.54, 1.807) is 12.1 Å². The van der Waals surface area contributed by atoms with Crippen LogP contribution >= 0.6 is 0 Å². The highest BCUT2D eigenvalue weighted by Crippen LogP contribution is 2.14. The van der Waals surface area contributed by atoms with Gasteiger partial charge in [0.05, 0.1) is 0 Å². The molecule has 5 nitrogen and oxygen atoms in total. The van der Waals surface area contributed by atoms with Gasteiger partial charge in [0.2, 0.25) is 0 Å². The van der Waals surface area contributed by atoms with E-state index in [-0.39, 0.29) is 5.75 Å². The highest BCUT2D eigenvalue weighted by Gasteiger charge is 2.27. The molecule has 1 saturated heterocycles. The second-order valence-corrected chi connectivity index (χ2v) is 4.20. The average molecular weight is 236 g/mol. The normalized spacial score (nSPS) is 21.3. The van der Waals surface area contributed by atoms with Gasteiger partial charge in [-0.1, -0.05) is 12.1 Å². The lowest BCUT2D eigenvalue weighted by atomic mass is 10.1. The summed E-state index contributed by atoms with van der Waals surface area (Å²) in [7, 11) is 0. The SMILES string of the molecule is O=C(O)C1CNCCN1Cc1ccc(O)cc1. The van der Waals surface area contributed by atoms with Gasteiger partial charge in [0.1, 0.15) is 11.8 Å². The first kappa shape index (κ1) is 11.9. The smallest absolute Gasteiger partial charge is 0.322 e. The van der Waals surface area contributed by atoms with E-state index in [0.717, 1.165) is 18.7 Å². The number of carboxylic acid groups (broad SMARTS) is 1. The Balaban J connectivity index is 2.05. The Hall–Kier alpha value is -1.59. The molecule has 0 spiro atoms. The van der Waals surface area contributed by atoms with Gasteiger partial charge in [-0.3, -0.25) is 9.69 Å². The summed E-state index contributed by atoms with van der Waals surface area (Å²) in [6.07, 6.45) is 0. The lowest BCUT2D eigenvalue weighted by molar-refractivity contribution is -0.144. The number of nitrogens with zero attached hydrogens (tertiary/aromatic N) is 1. The fourth-order valence-electron chi connectivity index (χ4n) is 2.01. The molecule has 1 heterocycles. The van der Waals surface area contributed by atoms with Gasteiger partial charge in [0.15, 0.2) is 0 Å². The molecule has 1 unspecified atom stereocenters. The molecule has 0 bridgehead atoms. The molecule has 0 aliphatic carbocycles. The van der Waals surface area contributed by atoms with Crippen molar-refractivity contribution in [3.63, 3.8) is 0 Å². The highest BCUT2D eigenvalue weighted by atomic mass is 16.4. The third-order valence-corrected chi connectivity index (χ3v) is 2.96. The van der Waals surface area contributed by atoms with Gasteiger partial charge in [-0.05, 0) is 17.7 Å². The van der Waals surface area contributed by atoms with Gasteiger partial charge in [0.25, 0.3) is 0 Å². The average Bonchev–Trinajstić information content (AvgIpc) is 2.32. The summed E-state index contributed by atoms with van der Waals surface area (Å²) in [6, 6.07) is 6.39. The summed E-state index contributed by atoms with van der Waals surface area (Å²) in [6.45, 7) is 2.60. The third kappa shape index (κ3) is 2.95. The number of hydrogen-bond donors (Lipinski definition) is 3.